The van der Waals surface area contributed by atoms with E-state index in [4.69, 9.17) is 16.8 Å². The van der Waals surface area contributed by atoms with Crippen molar-refractivity contribution in [1.82, 2.24) is 9.97 Å². The summed E-state index contributed by atoms with van der Waals surface area (Å²) in [6.07, 6.45) is 7.56. The van der Waals surface area contributed by atoms with Gasteiger partial charge in [-0.1, -0.05) is 89.0 Å². The maximum Gasteiger partial charge on any atom is 2.00 e. The number of fused-ring (bicyclic) bond motifs is 2. The van der Waals surface area contributed by atoms with Crippen molar-refractivity contribution in [1.29, 1.82) is 0 Å². The first kappa shape index (κ1) is 27.2. The second-order valence-electron chi connectivity index (χ2n) is 14.2. The Balaban J connectivity index is 0.00000464. The van der Waals surface area contributed by atoms with Gasteiger partial charge in [-0.05, 0) is 65.5 Å². The van der Waals surface area contributed by atoms with Gasteiger partial charge in [0.05, 0.1) is 6.85 Å². The summed E-state index contributed by atoms with van der Waals surface area (Å²) in [4.78, 5) is 14.1. The van der Waals surface area contributed by atoms with E-state index in [-0.39, 0.29) is 50.8 Å². The van der Waals surface area contributed by atoms with Crippen LogP contribution in [0.15, 0.2) is 85.1 Å². The number of anilines is 4. The van der Waals surface area contributed by atoms with Gasteiger partial charge in [0.1, 0.15) is 11.6 Å². The van der Waals surface area contributed by atoms with E-state index in [0.717, 1.165) is 78.5 Å². The van der Waals surface area contributed by atoms with E-state index in [2.05, 4.69) is 93.8 Å². The van der Waals surface area contributed by atoms with Gasteiger partial charge in [-0.3, -0.25) is 0 Å². The van der Waals surface area contributed by atoms with Crippen LogP contribution in [0.5, 0.6) is 0 Å². The average molecular weight is 805 g/mol. The van der Waals surface area contributed by atoms with Crippen LogP contribution in [0.3, 0.4) is 0 Å². The Labute approximate surface area is 302 Å². The molecule has 0 saturated carbocycles. The van der Waals surface area contributed by atoms with E-state index in [1.165, 1.54) is 16.7 Å². The molecule has 0 saturated heterocycles. The molecule has 2 aliphatic rings. The van der Waals surface area contributed by atoms with Crippen molar-refractivity contribution >= 4 is 23.0 Å². The molecule has 2 aromatic heterocycles. The van der Waals surface area contributed by atoms with Gasteiger partial charge in [0.15, 0.2) is 0 Å². The van der Waals surface area contributed by atoms with Crippen molar-refractivity contribution in [2.45, 2.75) is 78.1 Å². The largest absolute Gasteiger partial charge is 2.00 e. The van der Waals surface area contributed by atoms with Crippen molar-refractivity contribution in [3.05, 3.63) is 131 Å². The molecule has 0 fully saturated rings. The molecule has 0 atom stereocenters. The number of hydrogen-bond donors (Lipinski definition) is 0. The Kier molecular flexibility index (Phi) is 7.55. The van der Waals surface area contributed by atoms with Crippen LogP contribution in [0.2, 0.25) is 0 Å². The molecule has 0 radical (unpaired) electrons. The van der Waals surface area contributed by atoms with Crippen LogP contribution in [0.25, 0.3) is 11.1 Å². The molecule has 0 aliphatic carbocycles. The minimum absolute atomic E-state index is 0. The summed E-state index contributed by atoms with van der Waals surface area (Å²) >= 11 is 0. The van der Waals surface area contributed by atoms with Crippen LogP contribution in [0.1, 0.15) is 87.7 Å². The summed E-state index contributed by atoms with van der Waals surface area (Å²) in [5, 5.41) is 0. The number of aryl methyl sites for hydroxylation is 3. The molecule has 2 aliphatic heterocycles. The smallest absolute Gasteiger partial charge is 0.350 e. The fourth-order valence-corrected chi connectivity index (χ4v) is 6.79. The molecule has 0 spiro atoms. The molecule has 0 N–H and O–H groups in total. The van der Waals surface area contributed by atoms with Crippen LogP contribution in [0, 0.1) is 19.1 Å². The predicted molar refractivity (Wildman–Crippen MR) is 191 cm³/mol. The van der Waals surface area contributed by atoms with Gasteiger partial charge in [0.25, 0.3) is 0 Å². The third-order valence-corrected chi connectivity index (χ3v) is 9.48. The Morgan fingerprint density at radius 1 is 0.745 bits per heavy atom. The molecule has 4 nitrogen and oxygen atoms in total. The second kappa shape index (κ2) is 13.0. The van der Waals surface area contributed by atoms with Crippen LogP contribution in [-0.4, -0.2) is 23.1 Å². The van der Waals surface area contributed by atoms with Crippen LogP contribution < -0.4 is 9.80 Å². The molecule has 5 aromatic rings. The molecule has 0 bridgehead atoms. The molecule has 4 heterocycles. The first-order valence-electron chi connectivity index (χ1n) is 18.8. The Morgan fingerprint density at radius 2 is 1.32 bits per heavy atom. The van der Waals surface area contributed by atoms with Crippen molar-refractivity contribution in [2.75, 3.05) is 22.9 Å². The summed E-state index contributed by atoms with van der Waals surface area (Å²) in [5.41, 5.74) is 8.74. The minimum Gasteiger partial charge on any atom is -0.350 e. The number of hydrogen-bond acceptors (Lipinski definition) is 4. The summed E-state index contributed by atoms with van der Waals surface area (Å²) in [5.74, 6) is 1.71. The summed E-state index contributed by atoms with van der Waals surface area (Å²) < 4.78 is 42.0. The first-order valence-corrected chi connectivity index (χ1v) is 16.3. The molecular weight excluding hydrogens is 756 g/mol. The third-order valence-electron chi connectivity index (χ3n) is 9.48. The van der Waals surface area contributed by atoms with Crippen molar-refractivity contribution in [3.8, 4) is 11.1 Å². The van der Waals surface area contributed by atoms with Crippen LogP contribution in [0.4, 0.5) is 23.0 Å². The van der Waals surface area contributed by atoms with E-state index in [0.29, 0.717) is 5.56 Å². The molecule has 7 rings (SSSR count). The molecular formula is C42H44N4Pt. The zero-order valence-electron chi connectivity index (χ0n) is 33.0. The van der Waals surface area contributed by atoms with Crippen molar-refractivity contribution in [3.63, 3.8) is 0 Å². The van der Waals surface area contributed by atoms with E-state index in [1.54, 1.807) is 6.20 Å². The van der Waals surface area contributed by atoms with Gasteiger partial charge in [0.2, 0.25) is 0 Å². The fourth-order valence-electron chi connectivity index (χ4n) is 6.79. The summed E-state index contributed by atoms with van der Waals surface area (Å²) in [7, 11) is 0. The average Bonchev–Trinajstić information content (AvgIpc) is 3.12. The van der Waals surface area contributed by atoms with Gasteiger partial charge >= 0.3 is 21.1 Å². The molecule has 5 heteroatoms. The van der Waals surface area contributed by atoms with Crippen molar-refractivity contribution in [2.24, 2.45) is 0 Å². The second-order valence-corrected chi connectivity index (χ2v) is 14.2. The van der Waals surface area contributed by atoms with Gasteiger partial charge in [-0.25, -0.2) is 9.97 Å². The molecule has 0 amide bonds. The van der Waals surface area contributed by atoms with Crippen molar-refractivity contribution < 1.29 is 27.9 Å². The maximum absolute atomic E-state index is 8.66. The normalized spacial score (nSPS) is 16.2. The maximum atomic E-state index is 8.66. The number of nitrogens with zero attached hydrogens (tertiary/aromatic N) is 4. The van der Waals surface area contributed by atoms with E-state index in [1.807, 2.05) is 18.3 Å². The SMILES string of the molecule is [2H]c1c([2H])c([2H])c(-c2cnc(N3CCCc4ccc(C(C)(C)c5[c-]c6c(cc5)CCCN6c5cc(C)ccn5)[c-]c43)cc2C(C)(C)C)c([2H])c1[2H].[Pt+2]. The Morgan fingerprint density at radius 3 is 1.87 bits per heavy atom. The molecule has 3 aromatic carbocycles. The quantitative estimate of drug-likeness (QED) is 0.166. The van der Waals surface area contributed by atoms with E-state index in [9.17, 15) is 0 Å². The van der Waals surface area contributed by atoms with Gasteiger partial charge in [-0.15, -0.1) is 11.1 Å². The number of rotatable bonds is 5. The van der Waals surface area contributed by atoms with Crippen LogP contribution >= 0.6 is 0 Å². The van der Waals surface area contributed by atoms with E-state index < -0.39 is 16.9 Å². The molecule has 0 unspecified atom stereocenters. The topological polar surface area (TPSA) is 32.3 Å². The minimum atomic E-state index is -0.400. The summed E-state index contributed by atoms with van der Waals surface area (Å²) in [6, 6.07) is 21.2. The van der Waals surface area contributed by atoms with Gasteiger partial charge in [0, 0.05) is 31.0 Å². The number of pyridine rings is 2. The van der Waals surface area contributed by atoms with Gasteiger partial charge < -0.3 is 9.80 Å². The van der Waals surface area contributed by atoms with Gasteiger partial charge in [-0.2, -0.15) is 47.5 Å². The van der Waals surface area contributed by atoms with E-state index >= 15 is 0 Å². The number of aromatic nitrogens is 2. The van der Waals surface area contributed by atoms with Crippen LogP contribution in [-0.2, 0) is 44.7 Å². The monoisotopic (exact) mass is 804 g/mol. The first-order chi connectivity index (χ1) is 24.2. The zero-order valence-corrected chi connectivity index (χ0v) is 30.3. The molecule has 47 heavy (non-hydrogen) atoms. The Hall–Kier alpha value is -3.75. The zero-order chi connectivity index (χ0) is 36.4. The molecule has 242 valence electrons. The number of benzene rings is 3. The third kappa shape index (κ3) is 6.42. The summed E-state index contributed by atoms with van der Waals surface area (Å²) in [6.45, 7) is 14.5. The fraction of sp³-hybridized carbons (Fsp3) is 0.333. The standard InChI is InChI=1S/C42H44N4.Pt/c1-29-20-21-43-39(24-29)45-22-10-14-31-16-18-33(25-37(31)45)42(5,6)34-19-17-32-15-11-23-46(38(32)26-34)40-27-36(41(2,3)4)35(28-44-40)30-12-8-7-9-13-30;/h7-9,12-13,16-21,24,27-28H,10-11,14-15,22-23H2,1-6H3;/q-2;+2/i7D,8D,9D,12D,13D;. The Bertz CT molecular complexity index is 2150. The predicted octanol–water partition coefficient (Wildman–Crippen LogP) is 9.84.